The Kier molecular flexibility index (Phi) is 6.88. The Balaban J connectivity index is 1.16. The fourth-order valence-corrected chi connectivity index (χ4v) is 3.68. The van der Waals surface area contributed by atoms with Crippen molar-refractivity contribution in [3.63, 3.8) is 0 Å². The van der Waals surface area contributed by atoms with Gasteiger partial charge in [-0.3, -0.25) is 4.79 Å². The van der Waals surface area contributed by atoms with Crippen LogP contribution >= 0.6 is 0 Å². The quantitative estimate of drug-likeness (QED) is 0.291. The molecule has 1 unspecified atom stereocenters. The van der Waals surface area contributed by atoms with Crippen LogP contribution in [0.5, 0.6) is 0 Å². The fraction of sp³-hybridized carbons (Fsp3) is 0.160. The molecule has 11 nitrogen and oxygen atoms in total. The molecule has 1 N–H and O–H groups in total. The van der Waals surface area contributed by atoms with Gasteiger partial charge in [0.25, 0.3) is 5.91 Å². The normalized spacial score (nSPS) is 14.9. The standard InChI is InChI=1S/C25H21FN8O3/c1-34-24(30-32-33-34)18-9-3-2-7-16(18)14-27-36-15-17-8-6-12-23(28-17)29-25(35)22-13-21(31-37-22)19-10-4-5-11-20(19)26/h2-12,14,22H,13,15H2,1H3,(H,28,29,35). The molecular formula is C25H21FN8O3. The molecule has 3 heterocycles. The molecule has 1 amide bonds. The summed E-state index contributed by atoms with van der Waals surface area (Å²) in [5.41, 5.74) is 2.83. The highest BCUT2D eigenvalue weighted by Gasteiger charge is 2.30. The summed E-state index contributed by atoms with van der Waals surface area (Å²) in [5.74, 6) is 0.0635. The van der Waals surface area contributed by atoms with Crippen LogP contribution in [0.2, 0.25) is 0 Å². The number of carbonyl (C=O) groups is 1. The van der Waals surface area contributed by atoms with E-state index in [1.807, 2.05) is 24.3 Å². The highest BCUT2D eigenvalue weighted by molar-refractivity contribution is 6.06. The third-order valence-corrected chi connectivity index (χ3v) is 5.50. The van der Waals surface area contributed by atoms with Crippen molar-refractivity contribution in [2.24, 2.45) is 17.4 Å². The molecule has 186 valence electrons. The zero-order valence-electron chi connectivity index (χ0n) is 19.7. The smallest absolute Gasteiger partial charge is 0.269 e. The molecular weight excluding hydrogens is 479 g/mol. The summed E-state index contributed by atoms with van der Waals surface area (Å²) in [4.78, 5) is 27.7. The van der Waals surface area contributed by atoms with E-state index < -0.39 is 17.8 Å². The lowest BCUT2D eigenvalue weighted by Crippen LogP contribution is -2.28. The second-order valence-corrected chi connectivity index (χ2v) is 8.04. The summed E-state index contributed by atoms with van der Waals surface area (Å²) in [6, 6.07) is 18.9. The molecule has 2 aromatic heterocycles. The molecule has 1 aliphatic heterocycles. The summed E-state index contributed by atoms with van der Waals surface area (Å²) >= 11 is 0. The zero-order valence-corrected chi connectivity index (χ0v) is 19.7. The van der Waals surface area contributed by atoms with E-state index in [1.165, 1.54) is 6.07 Å². The first-order valence-electron chi connectivity index (χ1n) is 11.3. The number of amides is 1. The third-order valence-electron chi connectivity index (χ3n) is 5.50. The number of nitrogens with one attached hydrogen (secondary N) is 1. The van der Waals surface area contributed by atoms with E-state index in [1.54, 1.807) is 54.3 Å². The number of anilines is 1. The number of nitrogens with zero attached hydrogens (tertiary/aromatic N) is 7. The highest BCUT2D eigenvalue weighted by atomic mass is 19.1. The molecule has 5 rings (SSSR count). The molecule has 0 fully saturated rings. The van der Waals surface area contributed by atoms with Crippen LogP contribution in [0.4, 0.5) is 10.2 Å². The van der Waals surface area contributed by atoms with Crippen molar-refractivity contribution in [1.29, 1.82) is 0 Å². The number of pyridine rings is 1. The summed E-state index contributed by atoms with van der Waals surface area (Å²) in [6.07, 6.45) is 0.834. The van der Waals surface area contributed by atoms with Crippen LogP contribution in [0.25, 0.3) is 11.4 Å². The average molecular weight is 500 g/mol. The van der Waals surface area contributed by atoms with Crippen molar-refractivity contribution in [3.8, 4) is 11.4 Å². The molecule has 2 aromatic carbocycles. The molecule has 37 heavy (non-hydrogen) atoms. The number of rotatable bonds is 8. The number of aryl methyl sites for hydroxylation is 1. The van der Waals surface area contributed by atoms with Gasteiger partial charge in [0.1, 0.15) is 11.6 Å². The Morgan fingerprint density at radius 1 is 1.16 bits per heavy atom. The highest BCUT2D eigenvalue weighted by Crippen LogP contribution is 2.21. The van der Waals surface area contributed by atoms with Crippen LogP contribution in [-0.4, -0.2) is 49.1 Å². The number of hydrogen-bond donors (Lipinski definition) is 1. The zero-order chi connectivity index (χ0) is 25.6. The van der Waals surface area contributed by atoms with Crippen molar-refractivity contribution < 1.29 is 18.9 Å². The maximum Gasteiger partial charge on any atom is 0.269 e. The predicted molar refractivity (Wildman–Crippen MR) is 132 cm³/mol. The fourth-order valence-electron chi connectivity index (χ4n) is 3.68. The van der Waals surface area contributed by atoms with Crippen molar-refractivity contribution in [3.05, 3.63) is 89.4 Å². The van der Waals surface area contributed by atoms with E-state index in [-0.39, 0.29) is 13.0 Å². The molecule has 0 spiro atoms. The number of carbonyl (C=O) groups excluding carboxylic acids is 1. The average Bonchev–Trinajstić information content (AvgIpc) is 3.57. The number of aromatic nitrogens is 5. The molecule has 0 aliphatic carbocycles. The third kappa shape index (κ3) is 5.48. The number of tetrazole rings is 1. The number of halogens is 1. The lowest BCUT2D eigenvalue weighted by molar-refractivity contribution is -0.125. The Morgan fingerprint density at radius 2 is 1.97 bits per heavy atom. The van der Waals surface area contributed by atoms with Crippen molar-refractivity contribution in [1.82, 2.24) is 25.2 Å². The second kappa shape index (κ2) is 10.7. The summed E-state index contributed by atoms with van der Waals surface area (Å²) in [5, 5.41) is 22.2. The Hall–Kier alpha value is -5.00. The van der Waals surface area contributed by atoms with E-state index in [4.69, 9.17) is 9.68 Å². The first-order chi connectivity index (χ1) is 18.1. The van der Waals surface area contributed by atoms with Crippen molar-refractivity contribution in [2.45, 2.75) is 19.1 Å². The van der Waals surface area contributed by atoms with Gasteiger partial charge in [-0.05, 0) is 28.6 Å². The minimum Gasteiger partial charge on any atom is -0.389 e. The SMILES string of the molecule is Cn1nnnc1-c1ccccc1C=NOCc1cccc(NC(=O)C2CC(c3ccccc3F)=NO2)n1. The van der Waals surface area contributed by atoms with Gasteiger partial charge < -0.3 is 15.0 Å². The molecule has 0 saturated carbocycles. The largest absolute Gasteiger partial charge is 0.389 e. The number of benzene rings is 2. The minimum absolute atomic E-state index is 0.0777. The van der Waals surface area contributed by atoms with Crippen LogP contribution < -0.4 is 5.32 Å². The minimum atomic E-state index is -0.884. The van der Waals surface area contributed by atoms with Crippen LogP contribution in [0, 0.1) is 5.82 Å². The van der Waals surface area contributed by atoms with Crippen molar-refractivity contribution in [2.75, 3.05) is 5.32 Å². The van der Waals surface area contributed by atoms with Gasteiger partial charge in [-0.25, -0.2) is 14.1 Å². The molecule has 1 aliphatic rings. The van der Waals surface area contributed by atoms with E-state index in [9.17, 15) is 9.18 Å². The summed E-state index contributed by atoms with van der Waals surface area (Å²) in [6.45, 7) is 0.0777. The molecule has 1 atom stereocenters. The lowest BCUT2D eigenvalue weighted by atomic mass is 10.0. The first-order valence-corrected chi connectivity index (χ1v) is 11.3. The maximum absolute atomic E-state index is 14.0. The van der Waals surface area contributed by atoms with E-state index >= 15 is 0 Å². The van der Waals surface area contributed by atoms with Crippen molar-refractivity contribution >= 4 is 23.7 Å². The topological polar surface area (TPSA) is 129 Å². The lowest BCUT2D eigenvalue weighted by Gasteiger charge is -2.10. The summed E-state index contributed by atoms with van der Waals surface area (Å²) < 4.78 is 15.6. The van der Waals surface area contributed by atoms with Crippen LogP contribution in [0.3, 0.4) is 0 Å². The monoisotopic (exact) mass is 500 g/mol. The van der Waals surface area contributed by atoms with Gasteiger partial charge >= 0.3 is 0 Å². The number of oxime groups is 2. The second-order valence-electron chi connectivity index (χ2n) is 8.04. The Morgan fingerprint density at radius 3 is 2.78 bits per heavy atom. The molecule has 0 bridgehead atoms. The van der Waals surface area contributed by atoms with Gasteiger partial charge in [-0.15, -0.1) is 5.10 Å². The van der Waals surface area contributed by atoms with Crippen LogP contribution in [0.1, 0.15) is 23.2 Å². The van der Waals surface area contributed by atoms with Gasteiger partial charge in [-0.2, -0.15) is 0 Å². The van der Waals surface area contributed by atoms with Gasteiger partial charge in [0.05, 0.1) is 17.6 Å². The first kappa shape index (κ1) is 23.7. The van der Waals surface area contributed by atoms with E-state index in [2.05, 4.69) is 36.1 Å². The van der Waals surface area contributed by atoms with Gasteiger partial charge in [-0.1, -0.05) is 58.8 Å². The number of hydrogen-bond acceptors (Lipinski definition) is 9. The van der Waals surface area contributed by atoms with Crippen LogP contribution in [-0.2, 0) is 28.1 Å². The van der Waals surface area contributed by atoms with Gasteiger partial charge in [0, 0.05) is 30.2 Å². The van der Waals surface area contributed by atoms with E-state index in [0.717, 1.165) is 11.1 Å². The molecule has 4 aromatic rings. The van der Waals surface area contributed by atoms with Gasteiger partial charge in [0.15, 0.2) is 12.4 Å². The molecule has 0 radical (unpaired) electrons. The molecule has 12 heteroatoms. The maximum atomic E-state index is 14.0. The summed E-state index contributed by atoms with van der Waals surface area (Å²) in [7, 11) is 1.76. The predicted octanol–water partition coefficient (Wildman–Crippen LogP) is 3.09. The van der Waals surface area contributed by atoms with Crippen LogP contribution in [0.15, 0.2) is 77.0 Å². The Labute approximate surface area is 210 Å². The van der Waals surface area contributed by atoms with E-state index in [0.29, 0.717) is 28.6 Å². The molecule has 0 saturated heterocycles. The van der Waals surface area contributed by atoms with Gasteiger partial charge in [0.2, 0.25) is 6.10 Å². The Bertz CT molecular complexity index is 1490.